The Bertz CT molecular complexity index is 977. The number of aliphatic hydroxyl groups excluding tert-OH is 8. The maximum absolute atomic E-state index is 14.5. The fraction of sp³-hybridized carbons (Fsp3) is 0.619. The third-order valence-electron chi connectivity index (χ3n) is 5.69. The summed E-state index contributed by atoms with van der Waals surface area (Å²) in [7, 11) is 0. The maximum atomic E-state index is 14.5. The zero-order valence-corrected chi connectivity index (χ0v) is 20.5. The topological polar surface area (TPSA) is 301 Å². The molecule has 0 heterocycles. The van der Waals surface area contributed by atoms with E-state index in [-0.39, 0.29) is 18.6 Å². The van der Waals surface area contributed by atoms with E-state index in [1.807, 2.05) is 0 Å². The van der Waals surface area contributed by atoms with E-state index in [1.165, 1.54) is 0 Å². The normalized spacial score (nSPS) is 18.4. The number of rotatable bonds is 19. The van der Waals surface area contributed by atoms with Crippen molar-refractivity contribution in [1.29, 1.82) is 0 Å². The lowest BCUT2D eigenvalue weighted by Crippen LogP contribution is -2.49. The van der Waals surface area contributed by atoms with Crippen molar-refractivity contribution in [3.63, 3.8) is 0 Å². The summed E-state index contributed by atoms with van der Waals surface area (Å²) in [5.74, 6) is -3.18. The van der Waals surface area contributed by atoms with Gasteiger partial charge in [0.15, 0.2) is 12.6 Å². The van der Waals surface area contributed by atoms with Gasteiger partial charge in [-0.05, 0) is 6.07 Å². The summed E-state index contributed by atoms with van der Waals surface area (Å²) in [5.41, 5.74) is -2.99. The van der Waals surface area contributed by atoms with Gasteiger partial charge in [-0.2, -0.15) is 4.39 Å². The molecule has 0 unspecified atom stereocenters. The quantitative estimate of drug-likeness (QED) is 0.0437. The number of nitro groups is 2. The SMILES string of the molecule is O=C[C@@H](O)[C@@H](O)[C@H](OCC(CO[C@@H]([C@H](O)[C@H](O)C=O)[C@H](O)CO)c1cc(F)c([N+](=O)[O-])cc1[N+](=O)[O-])[C@H](O)CO. The Hall–Kier alpha value is -3.11. The molecule has 18 nitrogen and oxygen atoms in total. The van der Waals surface area contributed by atoms with Gasteiger partial charge in [0.05, 0.1) is 42.3 Å². The number of aliphatic hydroxyl groups is 8. The molecule has 226 valence electrons. The first-order chi connectivity index (χ1) is 18.7. The number of nitrogens with zero attached hydrogens (tertiary/aromatic N) is 2. The second kappa shape index (κ2) is 16.2. The van der Waals surface area contributed by atoms with Crippen LogP contribution in [0.1, 0.15) is 11.5 Å². The van der Waals surface area contributed by atoms with E-state index in [1.54, 1.807) is 0 Å². The fourth-order valence-electron chi connectivity index (χ4n) is 3.51. The minimum absolute atomic E-state index is 0.136. The lowest BCUT2D eigenvalue weighted by atomic mass is 9.96. The lowest BCUT2D eigenvalue weighted by molar-refractivity contribution is -0.396. The van der Waals surface area contributed by atoms with E-state index in [2.05, 4.69) is 0 Å². The molecule has 0 aliphatic rings. The highest BCUT2D eigenvalue weighted by Crippen LogP contribution is 2.34. The molecule has 40 heavy (non-hydrogen) atoms. The minimum atomic E-state index is -2.17. The molecule has 8 N–H and O–H groups in total. The maximum Gasteiger partial charge on any atom is 0.311 e. The molecule has 0 spiro atoms. The van der Waals surface area contributed by atoms with Crippen LogP contribution in [0.2, 0.25) is 0 Å². The zero-order valence-electron chi connectivity index (χ0n) is 20.5. The lowest BCUT2D eigenvalue weighted by Gasteiger charge is -2.32. The van der Waals surface area contributed by atoms with Crippen LogP contribution in [0.5, 0.6) is 0 Å². The number of carbonyl (C=O) groups is 2. The molecule has 0 aromatic heterocycles. The van der Waals surface area contributed by atoms with Crippen LogP contribution in [-0.2, 0) is 19.1 Å². The highest BCUT2D eigenvalue weighted by molar-refractivity contribution is 5.57. The van der Waals surface area contributed by atoms with E-state index in [4.69, 9.17) is 9.47 Å². The predicted octanol–water partition coefficient (Wildman–Crippen LogP) is -3.96. The van der Waals surface area contributed by atoms with Crippen molar-refractivity contribution in [2.24, 2.45) is 0 Å². The van der Waals surface area contributed by atoms with Gasteiger partial charge in [-0.1, -0.05) is 0 Å². The first-order valence-electron chi connectivity index (χ1n) is 11.3. The summed E-state index contributed by atoms with van der Waals surface area (Å²) in [6.07, 6.45) is -16.7. The average Bonchev–Trinajstić information content (AvgIpc) is 2.93. The molecule has 1 rings (SSSR count). The van der Waals surface area contributed by atoms with E-state index in [0.29, 0.717) is 6.07 Å². The summed E-state index contributed by atoms with van der Waals surface area (Å²) < 4.78 is 25.1. The fourth-order valence-corrected chi connectivity index (χ4v) is 3.51. The number of aldehydes is 2. The molecule has 8 atom stereocenters. The second-order valence-electron chi connectivity index (χ2n) is 8.40. The zero-order chi connectivity index (χ0) is 30.7. The Morgan fingerprint density at radius 1 is 0.775 bits per heavy atom. The number of halogens is 1. The Morgan fingerprint density at radius 2 is 1.18 bits per heavy atom. The Balaban J connectivity index is 3.58. The summed E-state index contributed by atoms with van der Waals surface area (Å²) in [4.78, 5) is 42.1. The predicted molar refractivity (Wildman–Crippen MR) is 124 cm³/mol. The first-order valence-corrected chi connectivity index (χ1v) is 11.3. The molecule has 0 bridgehead atoms. The van der Waals surface area contributed by atoms with Gasteiger partial charge in [-0.15, -0.1) is 0 Å². The monoisotopic (exact) mass is 584 g/mol. The van der Waals surface area contributed by atoms with Gasteiger partial charge in [0.25, 0.3) is 5.69 Å². The van der Waals surface area contributed by atoms with Crippen molar-refractivity contribution in [2.45, 2.75) is 54.7 Å². The number of carbonyl (C=O) groups excluding carboxylic acids is 2. The smallest absolute Gasteiger partial charge is 0.311 e. The highest BCUT2D eigenvalue weighted by Gasteiger charge is 2.37. The third kappa shape index (κ3) is 8.96. The van der Waals surface area contributed by atoms with Crippen molar-refractivity contribution >= 4 is 23.9 Å². The summed E-state index contributed by atoms with van der Waals surface area (Å²) >= 11 is 0. The van der Waals surface area contributed by atoms with Crippen molar-refractivity contribution < 1.29 is 74.2 Å². The molecule has 0 amide bonds. The number of ether oxygens (including phenoxy) is 2. The highest BCUT2D eigenvalue weighted by atomic mass is 19.1. The van der Waals surface area contributed by atoms with Crippen LogP contribution in [0.3, 0.4) is 0 Å². The van der Waals surface area contributed by atoms with Crippen molar-refractivity contribution in [1.82, 2.24) is 0 Å². The number of benzene rings is 1. The Labute approximate surface area is 223 Å². The molecule has 0 aliphatic heterocycles. The van der Waals surface area contributed by atoms with Crippen molar-refractivity contribution in [3.05, 3.63) is 43.7 Å². The molecule has 0 radical (unpaired) electrons. The molecular weight excluding hydrogens is 555 g/mol. The van der Waals surface area contributed by atoms with E-state index < -0.39 is 114 Å². The van der Waals surface area contributed by atoms with E-state index >= 15 is 0 Å². The molecular formula is C21H29FN2O16. The molecule has 0 saturated carbocycles. The number of nitro benzene ring substituents is 2. The van der Waals surface area contributed by atoms with Gasteiger partial charge in [0.2, 0.25) is 5.82 Å². The molecule has 1 aromatic carbocycles. The molecule has 0 fully saturated rings. The summed E-state index contributed by atoms with van der Waals surface area (Å²) in [6, 6.07) is 0.643. The molecule has 0 saturated heterocycles. The number of hydrogen-bond acceptors (Lipinski definition) is 16. The van der Waals surface area contributed by atoms with Crippen LogP contribution in [0.4, 0.5) is 15.8 Å². The summed E-state index contributed by atoms with van der Waals surface area (Å²) in [6.45, 7) is -4.03. The van der Waals surface area contributed by atoms with Gasteiger partial charge < -0.3 is 59.9 Å². The second-order valence-corrected chi connectivity index (χ2v) is 8.40. The van der Waals surface area contributed by atoms with Crippen LogP contribution in [-0.4, -0.2) is 139 Å². The van der Waals surface area contributed by atoms with E-state index in [0.717, 1.165) is 0 Å². The molecule has 0 aliphatic carbocycles. The van der Waals surface area contributed by atoms with Crippen LogP contribution in [0.25, 0.3) is 0 Å². The summed E-state index contributed by atoms with van der Waals surface area (Å²) in [5, 5.41) is 101. The molecule has 1 aromatic rings. The minimum Gasteiger partial charge on any atom is -0.394 e. The van der Waals surface area contributed by atoms with Crippen LogP contribution >= 0.6 is 0 Å². The van der Waals surface area contributed by atoms with Crippen molar-refractivity contribution in [2.75, 3.05) is 26.4 Å². The average molecular weight is 584 g/mol. The number of hydrogen-bond donors (Lipinski definition) is 8. The van der Waals surface area contributed by atoms with Crippen LogP contribution in [0, 0.1) is 26.0 Å². The molecule has 19 heteroatoms. The van der Waals surface area contributed by atoms with Crippen LogP contribution in [0.15, 0.2) is 12.1 Å². The van der Waals surface area contributed by atoms with Gasteiger partial charge >= 0.3 is 5.69 Å². The first kappa shape index (κ1) is 34.9. The van der Waals surface area contributed by atoms with E-state index in [9.17, 15) is 75.1 Å². The largest absolute Gasteiger partial charge is 0.394 e. The van der Waals surface area contributed by atoms with Gasteiger partial charge in [-0.3, -0.25) is 20.2 Å². The Kier molecular flexibility index (Phi) is 14.2. The van der Waals surface area contributed by atoms with Gasteiger partial charge in [0, 0.05) is 11.5 Å². The van der Waals surface area contributed by atoms with Crippen molar-refractivity contribution in [3.8, 4) is 0 Å². The Morgan fingerprint density at radius 3 is 1.50 bits per heavy atom. The third-order valence-corrected chi connectivity index (χ3v) is 5.69. The standard InChI is InChI=1S/C21H29FN2O16/c22-11-1-10(12(23(35)36)2-13(11)24(37)38)9(7-39-20(16(31)5-27)18(33)14(29)3-25)8-40-21(17(32)6-28)19(34)15(30)4-26/h1-4,9,14-21,27-34H,5-8H2/t14-,15-,16-,17-,18-,19-,20-,21-/m1/s1. The van der Waals surface area contributed by atoms with Gasteiger partial charge in [0.1, 0.15) is 48.8 Å². The van der Waals surface area contributed by atoms with Crippen LogP contribution < -0.4 is 0 Å². The van der Waals surface area contributed by atoms with Gasteiger partial charge in [-0.25, -0.2) is 0 Å².